The lowest BCUT2D eigenvalue weighted by Gasteiger charge is -2.17. The first-order valence-corrected chi connectivity index (χ1v) is 13.6. The predicted octanol–water partition coefficient (Wildman–Crippen LogP) is 7.13. The van der Waals surface area contributed by atoms with Gasteiger partial charge in [0.15, 0.2) is 0 Å². The molecule has 0 radical (unpaired) electrons. The molecule has 3 rings (SSSR count). The molecule has 204 valence electrons. The van der Waals surface area contributed by atoms with Crippen LogP contribution in [0.25, 0.3) is 11.4 Å². The number of hydrogen-bond donors (Lipinski definition) is 1. The molecule has 0 atom stereocenters. The Bertz CT molecular complexity index is 1390. The van der Waals surface area contributed by atoms with Crippen molar-refractivity contribution in [2.45, 2.75) is 57.8 Å². The SMILES string of the molecule is Cc1cc(Cl)cc(C(=O)N=S(C(C)C)C(C)C)c1NC(=O)c1cnn(CC(F)(F)F)c1-c1ncccc1Cl. The monoisotopic (exact) mass is 587 g/mol. The number of hydrogen-bond acceptors (Lipinski definition) is 4. The summed E-state index contributed by atoms with van der Waals surface area (Å²) in [6.45, 7) is 8.05. The second-order valence-corrected chi connectivity index (χ2v) is 12.6. The molecule has 0 spiro atoms. The summed E-state index contributed by atoms with van der Waals surface area (Å²) in [5.74, 6) is -1.36. The van der Waals surface area contributed by atoms with E-state index in [9.17, 15) is 22.8 Å². The number of pyridine rings is 1. The van der Waals surface area contributed by atoms with Crippen LogP contribution in [0.3, 0.4) is 0 Å². The maximum absolute atomic E-state index is 13.5. The highest BCUT2D eigenvalue weighted by atomic mass is 35.5. The number of benzene rings is 1. The topological polar surface area (TPSA) is 89.2 Å². The van der Waals surface area contributed by atoms with Crippen LogP contribution in [0, 0.1) is 6.92 Å². The van der Waals surface area contributed by atoms with Gasteiger partial charge in [0.1, 0.15) is 17.9 Å². The molecule has 13 heteroatoms. The van der Waals surface area contributed by atoms with E-state index in [1.54, 1.807) is 13.0 Å². The number of aryl methyl sites for hydroxylation is 1. The van der Waals surface area contributed by atoms with Gasteiger partial charge >= 0.3 is 6.18 Å². The summed E-state index contributed by atoms with van der Waals surface area (Å²) in [5.41, 5.74) is 0.226. The number of aromatic nitrogens is 3. The third-order valence-electron chi connectivity index (χ3n) is 5.32. The number of rotatable bonds is 7. The molecule has 0 unspecified atom stereocenters. The van der Waals surface area contributed by atoms with E-state index in [-0.39, 0.29) is 48.7 Å². The minimum absolute atomic E-state index is 0.0391. The Morgan fingerprint density at radius 1 is 1.13 bits per heavy atom. The van der Waals surface area contributed by atoms with Gasteiger partial charge in [-0.1, -0.05) is 61.6 Å². The van der Waals surface area contributed by atoms with Crippen LogP contribution in [0.1, 0.15) is 54.0 Å². The molecule has 2 amide bonds. The summed E-state index contributed by atoms with van der Waals surface area (Å²) in [6, 6.07) is 5.92. The van der Waals surface area contributed by atoms with Crippen molar-refractivity contribution in [2.75, 3.05) is 5.32 Å². The Kier molecular flexibility index (Phi) is 9.38. The molecule has 0 aliphatic heterocycles. The van der Waals surface area contributed by atoms with E-state index in [1.165, 1.54) is 24.4 Å². The molecule has 0 fully saturated rings. The number of carbonyl (C=O) groups is 2. The molecule has 0 saturated carbocycles. The molecule has 38 heavy (non-hydrogen) atoms. The highest BCUT2D eigenvalue weighted by molar-refractivity contribution is 7.88. The molecule has 0 saturated heterocycles. The molecule has 1 N–H and O–H groups in total. The molecular formula is C25H26Cl2F3N5O2S. The van der Waals surface area contributed by atoms with Crippen molar-refractivity contribution >= 4 is 51.4 Å². The molecule has 3 aromatic rings. The lowest BCUT2D eigenvalue weighted by molar-refractivity contribution is -0.142. The fraction of sp³-hybridized carbons (Fsp3) is 0.360. The van der Waals surface area contributed by atoms with E-state index in [4.69, 9.17) is 23.2 Å². The number of alkyl halides is 3. The Morgan fingerprint density at radius 2 is 1.79 bits per heavy atom. The summed E-state index contributed by atoms with van der Waals surface area (Å²) in [4.78, 5) is 30.8. The molecule has 2 aromatic heterocycles. The second kappa shape index (κ2) is 12.0. The molecular weight excluding hydrogens is 562 g/mol. The van der Waals surface area contributed by atoms with Gasteiger partial charge in [-0.15, -0.1) is 0 Å². The second-order valence-electron chi connectivity index (χ2n) is 8.95. The van der Waals surface area contributed by atoms with Crippen molar-refractivity contribution in [3.05, 3.63) is 63.4 Å². The van der Waals surface area contributed by atoms with Crippen LogP contribution in [0.4, 0.5) is 18.9 Å². The largest absolute Gasteiger partial charge is 0.408 e. The third-order valence-corrected chi connectivity index (χ3v) is 8.15. The average Bonchev–Trinajstić information content (AvgIpc) is 3.20. The third kappa shape index (κ3) is 7.00. The number of nitrogens with zero attached hydrogens (tertiary/aromatic N) is 4. The minimum Gasteiger partial charge on any atom is -0.321 e. The zero-order chi connectivity index (χ0) is 28.4. The van der Waals surface area contributed by atoms with Crippen LogP contribution in [0.2, 0.25) is 10.0 Å². The Hall–Kier alpha value is -2.76. The van der Waals surface area contributed by atoms with E-state index < -0.39 is 35.2 Å². The lowest BCUT2D eigenvalue weighted by Crippen LogP contribution is -2.21. The first-order chi connectivity index (χ1) is 17.7. The van der Waals surface area contributed by atoms with Gasteiger partial charge in [-0.25, -0.2) is 0 Å². The summed E-state index contributed by atoms with van der Waals surface area (Å²) >= 11 is 12.4. The van der Waals surface area contributed by atoms with Crippen molar-refractivity contribution < 1.29 is 22.8 Å². The molecule has 0 aliphatic carbocycles. The maximum atomic E-state index is 13.5. The van der Waals surface area contributed by atoms with Gasteiger partial charge in [-0.3, -0.25) is 19.3 Å². The van der Waals surface area contributed by atoms with Crippen LogP contribution in [0.5, 0.6) is 0 Å². The number of nitrogens with one attached hydrogen (secondary N) is 1. The van der Waals surface area contributed by atoms with Gasteiger partial charge in [0.2, 0.25) is 0 Å². The van der Waals surface area contributed by atoms with E-state index in [0.29, 0.717) is 10.2 Å². The Morgan fingerprint density at radius 3 is 2.37 bits per heavy atom. The molecule has 0 bridgehead atoms. The lowest BCUT2D eigenvalue weighted by atomic mass is 10.1. The van der Waals surface area contributed by atoms with Crippen molar-refractivity contribution in [3.63, 3.8) is 0 Å². The van der Waals surface area contributed by atoms with Gasteiger partial charge in [0, 0.05) is 21.7 Å². The maximum Gasteiger partial charge on any atom is 0.408 e. The van der Waals surface area contributed by atoms with Gasteiger partial charge in [0.25, 0.3) is 11.8 Å². The normalized spacial score (nSPS) is 11.9. The molecule has 0 aliphatic rings. The zero-order valence-electron chi connectivity index (χ0n) is 21.2. The first-order valence-electron chi connectivity index (χ1n) is 11.5. The van der Waals surface area contributed by atoms with Crippen LogP contribution >= 0.6 is 23.2 Å². The van der Waals surface area contributed by atoms with E-state index in [1.807, 2.05) is 27.7 Å². The number of carbonyl (C=O) groups excluding carboxylic acids is 2. The van der Waals surface area contributed by atoms with Crippen LogP contribution in [-0.2, 0) is 17.2 Å². The van der Waals surface area contributed by atoms with Gasteiger partial charge < -0.3 is 5.32 Å². The van der Waals surface area contributed by atoms with E-state index in [0.717, 1.165) is 6.20 Å². The summed E-state index contributed by atoms with van der Waals surface area (Å²) in [6.07, 6.45) is -2.27. The van der Waals surface area contributed by atoms with Crippen molar-refractivity contribution in [1.29, 1.82) is 0 Å². The number of anilines is 1. The molecule has 7 nitrogen and oxygen atoms in total. The van der Waals surface area contributed by atoms with Crippen molar-refractivity contribution in [3.8, 4) is 11.4 Å². The molecule has 2 heterocycles. The highest BCUT2D eigenvalue weighted by Gasteiger charge is 2.32. The highest BCUT2D eigenvalue weighted by Crippen LogP contribution is 2.32. The van der Waals surface area contributed by atoms with Crippen LogP contribution < -0.4 is 5.32 Å². The van der Waals surface area contributed by atoms with Crippen LogP contribution in [0.15, 0.2) is 41.0 Å². The van der Waals surface area contributed by atoms with Crippen molar-refractivity contribution in [1.82, 2.24) is 14.8 Å². The van der Waals surface area contributed by atoms with Crippen LogP contribution in [-0.4, -0.2) is 43.3 Å². The first kappa shape index (κ1) is 29.8. The summed E-state index contributed by atoms with van der Waals surface area (Å²) < 4.78 is 44.8. The fourth-order valence-corrected chi connectivity index (χ4v) is 6.09. The predicted molar refractivity (Wildman–Crippen MR) is 145 cm³/mol. The Balaban J connectivity index is 2.11. The smallest absolute Gasteiger partial charge is 0.321 e. The number of amides is 2. The molecule has 1 aromatic carbocycles. The van der Waals surface area contributed by atoms with E-state index >= 15 is 0 Å². The Labute approximate surface area is 230 Å². The van der Waals surface area contributed by atoms with Crippen molar-refractivity contribution in [2.24, 2.45) is 4.36 Å². The summed E-state index contributed by atoms with van der Waals surface area (Å²) in [7, 11) is -0.590. The van der Waals surface area contributed by atoms with Gasteiger partial charge in [0.05, 0.1) is 28.0 Å². The van der Waals surface area contributed by atoms with E-state index in [2.05, 4.69) is 19.8 Å². The fourth-order valence-electron chi connectivity index (χ4n) is 3.81. The quantitative estimate of drug-likeness (QED) is 0.318. The van der Waals surface area contributed by atoms with Gasteiger partial charge in [-0.05, 0) is 36.8 Å². The summed E-state index contributed by atoms with van der Waals surface area (Å²) in [5, 5.41) is 6.98. The zero-order valence-corrected chi connectivity index (χ0v) is 23.6. The average molecular weight is 588 g/mol. The van der Waals surface area contributed by atoms with Gasteiger partial charge in [-0.2, -0.15) is 22.6 Å². The standard InChI is InChI=1S/C25H26Cl2F3N5O2S/c1-13(2)38(14(3)4)34-24(37)17-10-16(26)9-15(5)20(17)33-23(36)18-11-32-35(12-25(28,29)30)22(18)21-19(27)7-6-8-31-21/h6-11,13-14H,12H2,1-5H3,(H,33,36). The number of halogens is 5. The minimum atomic E-state index is -4.62.